The van der Waals surface area contributed by atoms with Crippen molar-refractivity contribution < 1.29 is 18.3 Å². The fraction of sp³-hybridized carbons (Fsp3) is 0.250. The number of pyridine rings is 1. The molecule has 0 bridgehead atoms. The average molecular weight is 323 g/mol. The molecular formula is C16H16F3N3O. The first-order valence-corrected chi connectivity index (χ1v) is 6.78. The van der Waals surface area contributed by atoms with Crippen LogP contribution in [0.5, 0.6) is 0 Å². The quantitative estimate of drug-likeness (QED) is 0.743. The molecule has 0 aliphatic heterocycles. The maximum atomic E-state index is 12.7. The molecule has 0 spiro atoms. The summed E-state index contributed by atoms with van der Waals surface area (Å²) in [6, 6.07) is 4.77. The SMILES string of the molecule is CC(C)(O)c1cncc(Nc2ccc(C(F)(F)F)cc2C=N)c1. The highest BCUT2D eigenvalue weighted by atomic mass is 19.4. The molecule has 2 aromatic rings. The van der Waals surface area contributed by atoms with Gasteiger partial charge in [0.25, 0.3) is 0 Å². The number of nitrogens with one attached hydrogen (secondary N) is 2. The Labute approximate surface area is 131 Å². The number of halogens is 3. The number of rotatable bonds is 4. The molecule has 0 radical (unpaired) electrons. The van der Waals surface area contributed by atoms with Crippen LogP contribution >= 0.6 is 0 Å². The van der Waals surface area contributed by atoms with Crippen molar-refractivity contribution in [3.8, 4) is 0 Å². The lowest BCUT2D eigenvalue weighted by Gasteiger charge is -2.19. The molecule has 0 saturated heterocycles. The van der Waals surface area contributed by atoms with Gasteiger partial charge in [0.2, 0.25) is 0 Å². The van der Waals surface area contributed by atoms with Gasteiger partial charge in [0, 0.05) is 29.2 Å². The van der Waals surface area contributed by atoms with Crippen LogP contribution < -0.4 is 5.32 Å². The van der Waals surface area contributed by atoms with Crippen molar-refractivity contribution in [2.24, 2.45) is 0 Å². The van der Waals surface area contributed by atoms with Gasteiger partial charge < -0.3 is 15.8 Å². The predicted octanol–water partition coefficient (Wildman–Crippen LogP) is 4.07. The van der Waals surface area contributed by atoms with Crippen LogP contribution in [-0.4, -0.2) is 16.3 Å². The van der Waals surface area contributed by atoms with Gasteiger partial charge in [-0.25, -0.2) is 0 Å². The van der Waals surface area contributed by atoms with E-state index >= 15 is 0 Å². The maximum absolute atomic E-state index is 12.7. The average Bonchev–Trinajstić information content (AvgIpc) is 2.46. The number of aromatic nitrogens is 1. The molecule has 122 valence electrons. The van der Waals surface area contributed by atoms with Crippen molar-refractivity contribution in [1.29, 1.82) is 5.41 Å². The van der Waals surface area contributed by atoms with Crippen LogP contribution in [0.4, 0.5) is 24.5 Å². The molecule has 1 aromatic carbocycles. The summed E-state index contributed by atoms with van der Waals surface area (Å²) in [6.07, 6.45) is -0.612. The Hall–Kier alpha value is -2.41. The third kappa shape index (κ3) is 4.07. The van der Waals surface area contributed by atoms with Gasteiger partial charge in [-0.3, -0.25) is 4.98 Å². The number of nitrogens with zero attached hydrogens (tertiary/aromatic N) is 1. The molecule has 0 amide bonds. The lowest BCUT2D eigenvalue weighted by atomic mass is 10.0. The Morgan fingerprint density at radius 2 is 1.83 bits per heavy atom. The maximum Gasteiger partial charge on any atom is 0.416 e. The summed E-state index contributed by atoms with van der Waals surface area (Å²) in [4.78, 5) is 4.00. The Morgan fingerprint density at radius 1 is 1.13 bits per heavy atom. The van der Waals surface area contributed by atoms with E-state index in [0.717, 1.165) is 18.3 Å². The van der Waals surface area contributed by atoms with Crippen LogP contribution in [-0.2, 0) is 11.8 Å². The molecule has 0 unspecified atom stereocenters. The molecule has 3 N–H and O–H groups in total. The molecule has 0 aliphatic carbocycles. The third-order valence-corrected chi connectivity index (χ3v) is 3.26. The molecule has 23 heavy (non-hydrogen) atoms. The summed E-state index contributed by atoms with van der Waals surface area (Å²) in [6.45, 7) is 3.21. The van der Waals surface area contributed by atoms with E-state index in [1.165, 1.54) is 18.5 Å². The van der Waals surface area contributed by atoms with Gasteiger partial charge in [-0.1, -0.05) is 0 Å². The van der Waals surface area contributed by atoms with Crippen LogP contribution in [0.2, 0.25) is 0 Å². The van der Waals surface area contributed by atoms with E-state index in [1.807, 2.05) is 0 Å². The molecule has 2 rings (SSSR count). The minimum Gasteiger partial charge on any atom is -0.386 e. The summed E-state index contributed by atoms with van der Waals surface area (Å²) >= 11 is 0. The summed E-state index contributed by atoms with van der Waals surface area (Å²) in [5.74, 6) is 0. The van der Waals surface area contributed by atoms with Crippen LogP contribution in [0, 0.1) is 5.41 Å². The first kappa shape index (κ1) is 17.0. The third-order valence-electron chi connectivity index (χ3n) is 3.26. The van der Waals surface area contributed by atoms with Crippen molar-refractivity contribution in [2.75, 3.05) is 5.32 Å². The van der Waals surface area contributed by atoms with Crippen LogP contribution in [0.25, 0.3) is 0 Å². The van der Waals surface area contributed by atoms with Crippen LogP contribution in [0.3, 0.4) is 0 Å². The fourth-order valence-corrected chi connectivity index (χ4v) is 1.97. The Morgan fingerprint density at radius 3 is 2.39 bits per heavy atom. The Balaban J connectivity index is 2.35. The Kier molecular flexibility index (Phi) is 4.42. The minimum atomic E-state index is -4.46. The van der Waals surface area contributed by atoms with E-state index in [-0.39, 0.29) is 5.56 Å². The molecule has 0 aliphatic rings. The number of hydrogen-bond donors (Lipinski definition) is 3. The first-order valence-electron chi connectivity index (χ1n) is 6.78. The Bertz CT molecular complexity index is 721. The van der Waals surface area contributed by atoms with E-state index in [0.29, 0.717) is 16.9 Å². The molecule has 0 fully saturated rings. The van der Waals surface area contributed by atoms with Crippen molar-refractivity contribution >= 4 is 17.6 Å². The van der Waals surface area contributed by atoms with Gasteiger partial charge in [0.15, 0.2) is 0 Å². The van der Waals surface area contributed by atoms with Crippen molar-refractivity contribution in [3.63, 3.8) is 0 Å². The molecule has 0 saturated carbocycles. The van der Waals surface area contributed by atoms with Gasteiger partial charge in [0.1, 0.15) is 0 Å². The summed E-state index contributed by atoms with van der Waals surface area (Å²) in [7, 11) is 0. The number of aliphatic hydroxyl groups is 1. The lowest BCUT2D eigenvalue weighted by Crippen LogP contribution is -2.16. The smallest absolute Gasteiger partial charge is 0.386 e. The van der Waals surface area contributed by atoms with Crippen molar-refractivity contribution in [3.05, 3.63) is 53.3 Å². The summed E-state index contributed by atoms with van der Waals surface area (Å²) in [5.41, 5.74) is -0.380. The number of hydrogen-bond acceptors (Lipinski definition) is 4. The molecular weight excluding hydrogens is 307 g/mol. The summed E-state index contributed by atoms with van der Waals surface area (Å²) in [5, 5.41) is 20.2. The van der Waals surface area contributed by atoms with Gasteiger partial charge in [0.05, 0.1) is 23.0 Å². The zero-order valence-electron chi connectivity index (χ0n) is 12.6. The molecule has 7 heteroatoms. The lowest BCUT2D eigenvalue weighted by molar-refractivity contribution is -0.137. The number of benzene rings is 1. The highest BCUT2D eigenvalue weighted by molar-refractivity contribution is 5.87. The van der Waals surface area contributed by atoms with E-state index in [2.05, 4.69) is 10.3 Å². The normalized spacial score (nSPS) is 12.1. The fourth-order valence-electron chi connectivity index (χ4n) is 1.97. The topological polar surface area (TPSA) is 69.0 Å². The van der Waals surface area contributed by atoms with E-state index in [1.54, 1.807) is 19.9 Å². The molecule has 0 atom stereocenters. The standard InChI is InChI=1S/C16H16F3N3O/c1-15(2,23)12-6-13(9-21-8-12)22-14-4-3-11(16(17,18)19)5-10(14)7-20/h3-9,20,22-23H,1-2H3. The van der Waals surface area contributed by atoms with E-state index < -0.39 is 17.3 Å². The van der Waals surface area contributed by atoms with Gasteiger partial charge in [-0.2, -0.15) is 13.2 Å². The monoisotopic (exact) mass is 323 g/mol. The molecule has 1 heterocycles. The zero-order chi connectivity index (χ0) is 17.3. The van der Waals surface area contributed by atoms with Crippen molar-refractivity contribution in [1.82, 2.24) is 4.98 Å². The van der Waals surface area contributed by atoms with Gasteiger partial charge >= 0.3 is 6.18 Å². The van der Waals surface area contributed by atoms with E-state index in [9.17, 15) is 18.3 Å². The predicted molar refractivity (Wildman–Crippen MR) is 82.1 cm³/mol. The molecule has 4 nitrogen and oxygen atoms in total. The van der Waals surface area contributed by atoms with Crippen LogP contribution in [0.1, 0.15) is 30.5 Å². The second kappa shape index (κ2) is 6.00. The second-order valence-corrected chi connectivity index (χ2v) is 5.59. The highest BCUT2D eigenvalue weighted by Gasteiger charge is 2.30. The van der Waals surface area contributed by atoms with Gasteiger partial charge in [-0.05, 0) is 38.1 Å². The largest absolute Gasteiger partial charge is 0.416 e. The van der Waals surface area contributed by atoms with E-state index in [4.69, 9.17) is 5.41 Å². The second-order valence-electron chi connectivity index (χ2n) is 5.59. The van der Waals surface area contributed by atoms with Crippen molar-refractivity contribution in [2.45, 2.75) is 25.6 Å². The van der Waals surface area contributed by atoms with Crippen LogP contribution in [0.15, 0.2) is 36.7 Å². The first-order chi connectivity index (χ1) is 10.6. The molecule has 1 aromatic heterocycles. The summed E-state index contributed by atoms with van der Waals surface area (Å²) < 4.78 is 38.1. The minimum absolute atomic E-state index is 0.105. The number of alkyl halides is 3. The number of anilines is 2. The van der Waals surface area contributed by atoms with Gasteiger partial charge in [-0.15, -0.1) is 0 Å². The zero-order valence-corrected chi connectivity index (χ0v) is 12.6. The highest BCUT2D eigenvalue weighted by Crippen LogP contribution is 2.32.